The minimum absolute atomic E-state index is 0.0194. The number of hydrogen-bond acceptors (Lipinski definition) is 4. The molecule has 1 aromatic carbocycles. The van der Waals surface area contributed by atoms with E-state index in [0.717, 1.165) is 0 Å². The topological polar surface area (TPSA) is 47.9 Å². The quantitative estimate of drug-likeness (QED) is 0.853. The molecule has 0 fully saturated rings. The molecule has 0 saturated carbocycles. The Balaban J connectivity index is 3.23. The van der Waals surface area contributed by atoms with Gasteiger partial charge in [0.1, 0.15) is 0 Å². The Morgan fingerprint density at radius 1 is 0.737 bits per heavy atom. The molecule has 1 rings (SSSR count). The molecule has 19 heavy (non-hydrogen) atoms. The summed E-state index contributed by atoms with van der Waals surface area (Å²) in [5.41, 5.74) is 0. The standard InChI is InChI=1S/C15H24O4/c1-9(2)17-13-8-7-12(16)14(18-10(3)4)15(13)19-11(5)6/h7-11,16H,1-6H3. The lowest BCUT2D eigenvalue weighted by molar-refractivity contribution is 0.172. The number of hydrogen-bond donors (Lipinski definition) is 1. The van der Waals surface area contributed by atoms with Gasteiger partial charge in [0.15, 0.2) is 11.5 Å². The van der Waals surface area contributed by atoms with E-state index in [9.17, 15) is 5.11 Å². The van der Waals surface area contributed by atoms with Gasteiger partial charge in [0.05, 0.1) is 18.3 Å². The molecule has 0 saturated heterocycles. The smallest absolute Gasteiger partial charge is 0.207 e. The average Bonchev–Trinajstić information content (AvgIpc) is 2.25. The van der Waals surface area contributed by atoms with Gasteiger partial charge in [-0.25, -0.2) is 0 Å². The second kappa shape index (κ2) is 6.55. The monoisotopic (exact) mass is 268 g/mol. The first-order chi connectivity index (χ1) is 8.81. The molecule has 0 heterocycles. The number of benzene rings is 1. The van der Waals surface area contributed by atoms with E-state index in [1.54, 1.807) is 12.1 Å². The first-order valence-electron chi connectivity index (χ1n) is 6.67. The van der Waals surface area contributed by atoms with Gasteiger partial charge < -0.3 is 19.3 Å². The van der Waals surface area contributed by atoms with Crippen LogP contribution in [0.25, 0.3) is 0 Å². The van der Waals surface area contributed by atoms with Gasteiger partial charge in [-0.05, 0) is 53.7 Å². The lowest BCUT2D eigenvalue weighted by Crippen LogP contribution is -2.13. The van der Waals surface area contributed by atoms with E-state index in [-0.39, 0.29) is 24.1 Å². The lowest BCUT2D eigenvalue weighted by atomic mass is 10.2. The van der Waals surface area contributed by atoms with Gasteiger partial charge in [-0.15, -0.1) is 0 Å². The maximum Gasteiger partial charge on any atom is 0.207 e. The molecule has 0 aliphatic carbocycles. The average molecular weight is 268 g/mol. The summed E-state index contributed by atoms with van der Waals surface area (Å²) >= 11 is 0. The van der Waals surface area contributed by atoms with Crippen LogP contribution in [0.1, 0.15) is 41.5 Å². The van der Waals surface area contributed by atoms with Crippen molar-refractivity contribution in [3.63, 3.8) is 0 Å². The van der Waals surface area contributed by atoms with Gasteiger partial charge in [0, 0.05) is 0 Å². The van der Waals surface area contributed by atoms with Crippen LogP contribution in [0.3, 0.4) is 0 Å². The highest BCUT2D eigenvalue weighted by atomic mass is 16.6. The predicted octanol–water partition coefficient (Wildman–Crippen LogP) is 3.75. The van der Waals surface area contributed by atoms with Crippen LogP contribution in [-0.2, 0) is 0 Å². The molecule has 0 unspecified atom stereocenters. The molecular formula is C15H24O4. The molecule has 1 aromatic rings. The zero-order chi connectivity index (χ0) is 14.6. The van der Waals surface area contributed by atoms with Crippen molar-refractivity contribution in [2.24, 2.45) is 0 Å². The molecule has 108 valence electrons. The van der Waals surface area contributed by atoms with E-state index in [1.807, 2.05) is 41.5 Å². The van der Waals surface area contributed by atoms with Crippen molar-refractivity contribution in [3.05, 3.63) is 12.1 Å². The maximum atomic E-state index is 9.95. The van der Waals surface area contributed by atoms with Crippen LogP contribution < -0.4 is 14.2 Å². The third-order valence-corrected chi connectivity index (χ3v) is 2.13. The summed E-state index contributed by atoms with van der Waals surface area (Å²) in [5.74, 6) is 1.43. The molecule has 4 heteroatoms. The van der Waals surface area contributed by atoms with Crippen LogP contribution in [-0.4, -0.2) is 23.4 Å². The highest BCUT2D eigenvalue weighted by Gasteiger charge is 2.20. The summed E-state index contributed by atoms with van der Waals surface area (Å²) in [6, 6.07) is 3.25. The third-order valence-electron chi connectivity index (χ3n) is 2.13. The Bertz CT molecular complexity index is 411. The molecule has 0 aromatic heterocycles. The Morgan fingerprint density at radius 3 is 1.68 bits per heavy atom. The number of aromatic hydroxyl groups is 1. The fraction of sp³-hybridized carbons (Fsp3) is 0.600. The van der Waals surface area contributed by atoms with Gasteiger partial charge in [-0.2, -0.15) is 0 Å². The molecular weight excluding hydrogens is 244 g/mol. The molecule has 0 atom stereocenters. The largest absolute Gasteiger partial charge is 0.504 e. The molecule has 4 nitrogen and oxygen atoms in total. The van der Waals surface area contributed by atoms with Gasteiger partial charge in [-0.1, -0.05) is 0 Å². The van der Waals surface area contributed by atoms with Crippen molar-refractivity contribution < 1.29 is 19.3 Å². The second-order valence-corrected chi connectivity index (χ2v) is 5.24. The van der Waals surface area contributed by atoms with Gasteiger partial charge in [0.25, 0.3) is 0 Å². The van der Waals surface area contributed by atoms with Crippen molar-refractivity contribution >= 4 is 0 Å². The Morgan fingerprint density at radius 2 is 1.21 bits per heavy atom. The Labute approximate surface area is 115 Å². The fourth-order valence-electron chi connectivity index (χ4n) is 1.58. The van der Waals surface area contributed by atoms with Gasteiger partial charge >= 0.3 is 0 Å². The summed E-state index contributed by atoms with van der Waals surface area (Å²) in [4.78, 5) is 0. The van der Waals surface area contributed by atoms with E-state index >= 15 is 0 Å². The molecule has 1 N–H and O–H groups in total. The molecule has 0 aliphatic heterocycles. The fourth-order valence-corrected chi connectivity index (χ4v) is 1.58. The van der Waals surface area contributed by atoms with E-state index < -0.39 is 0 Å². The van der Waals surface area contributed by atoms with Crippen LogP contribution >= 0.6 is 0 Å². The summed E-state index contributed by atoms with van der Waals surface area (Å²) in [6.45, 7) is 11.5. The van der Waals surface area contributed by atoms with Crippen LogP contribution in [0.2, 0.25) is 0 Å². The second-order valence-electron chi connectivity index (χ2n) is 5.24. The van der Waals surface area contributed by atoms with E-state index in [2.05, 4.69) is 0 Å². The van der Waals surface area contributed by atoms with Crippen LogP contribution in [0, 0.1) is 0 Å². The van der Waals surface area contributed by atoms with Crippen LogP contribution in [0.5, 0.6) is 23.0 Å². The molecule has 0 amide bonds. The highest BCUT2D eigenvalue weighted by Crippen LogP contribution is 2.45. The molecule has 0 bridgehead atoms. The van der Waals surface area contributed by atoms with Crippen molar-refractivity contribution in [1.29, 1.82) is 0 Å². The highest BCUT2D eigenvalue weighted by molar-refractivity contribution is 5.58. The predicted molar refractivity (Wildman–Crippen MR) is 75.4 cm³/mol. The van der Waals surface area contributed by atoms with Crippen molar-refractivity contribution in [3.8, 4) is 23.0 Å². The van der Waals surface area contributed by atoms with Crippen LogP contribution in [0.15, 0.2) is 12.1 Å². The van der Waals surface area contributed by atoms with Gasteiger partial charge in [-0.3, -0.25) is 0 Å². The lowest BCUT2D eigenvalue weighted by Gasteiger charge is -2.21. The van der Waals surface area contributed by atoms with Crippen molar-refractivity contribution in [2.45, 2.75) is 59.9 Å². The van der Waals surface area contributed by atoms with E-state index in [4.69, 9.17) is 14.2 Å². The molecule has 0 aliphatic rings. The summed E-state index contributed by atoms with van der Waals surface area (Å²) < 4.78 is 17.1. The van der Waals surface area contributed by atoms with E-state index in [1.165, 1.54) is 0 Å². The van der Waals surface area contributed by atoms with Crippen molar-refractivity contribution in [2.75, 3.05) is 0 Å². The first-order valence-corrected chi connectivity index (χ1v) is 6.67. The maximum absolute atomic E-state index is 9.95. The first kappa shape index (κ1) is 15.5. The normalized spacial score (nSPS) is 11.2. The zero-order valence-corrected chi connectivity index (χ0v) is 12.6. The van der Waals surface area contributed by atoms with Crippen molar-refractivity contribution in [1.82, 2.24) is 0 Å². The van der Waals surface area contributed by atoms with Gasteiger partial charge in [0.2, 0.25) is 11.5 Å². The minimum Gasteiger partial charge on any atom is -0.504 e. The number of phenolic OH excluding ortho intramolecular Hbond substituents is 1. The Hall–Kier alpha value is -1.58. The summed E-state index contributed by atoms with van der Waals surface area (Å²) in [6.07, 6.45) is -0.0773. The zero-order valence-electron chi connectivity index (χ0n) is 12.6. The number of ether oxygens (including phenoxy) is 3. The Kier molecular flexibility index (Phi) is 5.33. The number of rotatable bonds is 6. The van der Waals surface area contributed by atoms with E-state index in [0.29, 0.717) is 17.2 Å². The molecule has 0 radical (unpaired) electrons. The third kappa shape index (κ3) is 4.54. The number of phenols is 1. The SMILES string of the molecule is CC(C)Oc1ccc(O)c(OC(C)C)c1OC(C)C. The summed E-state index contributed by atoms with van der Waals surface area (Å²) in [5, 5.41) is 9.95. The summed E-state index contributed by atoms with van der Waals surface area (Å²) in [7, 11) is 0. The van der Waals surface area contributed by atoms with Crippen LogP contribution in [0.4, 0.5) is 0 Å². The molecule has 0 spiro atoms. The minimum atomic E-state index is -0.0605.